The van der Waals surface area contributed by atoms with Crippen molar-refractivity contribution in [2.24, 2.45) is 45.3 Å². The van der Waals surface area contributed by atoms with Crippen molar-refractivity contribution in [3.05, 3.63) is 11.6 Å². The van der Waals surface area contributed by atoms with Crippen molar-refractivity contribution in [3.8, 4) is 0 Å². The van der Waals surface area contributed by atoms with Crippen LogP contribution in [0.4, 0.5) is 0 Å². The molecule has 4 saturated carbocycles. The first-order valence-corrected chi connectivity index (χ1v) is 20.4. The minimum Gasteiger partial charge on any atom is -0.394 e. The molecule has 0 unspecified atom stereocenters. The van der Waals surface area contributed by atoms with Crippen molar-refractivity contribution >= 4 is 0 Å². The zero-order valence-electron chi connectivity index (χ0n) is 33.5. The van der Waals surface area contributed by atoms with Gasteiger partial charge in [0.25, 0.3) is 0 Å². The van der Waals surface area contributed by atoms with E-state index in [1.165, 1.54) is 0 Å². The third kappa shape index (κ3) is 6.76. The number of aliphatic hydroxyl groups excluding tert-OH is 9. The summed E-state index contributed by atoms with van der Waals surface area (Å²) in [6.45, 7) is 16.1. The molecular weight excluding hydrogens is 700 g/mol. The Morgan fingerprint density at radius 3 is 2.04 bits per heavy atom. The third-order valence-electron chi connectivity index (χ3n) is 16.2. The van der Waals surface area contributed by atoms with Gasteiger partial charge in [-0.3, -0.25) is 0 Å². The van der Waals surface area contributed by atoms with Gasteiger partial charge in [0.1, 0.15) is 42.7 Å². The molecule has 0 aromatic rings. The zero-order chi connectivity index (χ0) is 39.9. The number of rotatable bonds is 10. The van der Waals surface area contributed by atoms with Crippen molar-refractivity contribution in [1.82, 2.24) is 0 Å². The van der Waals surface area contributed by atoms with Gasteiger partial charge in [0.15, 0.2) is 12.6 Å². The molecule has 0 amide bonds. The Hall–Kier alpha value is -0.780. The number of fused-ring (bicyclic) bond motifs is 5. The maximum atomic E-state index is 12.4. The predicted octanol–water partition coefficient (Wildman–Crippen LogP) is 1.76. The lowest BCUT2D eigenvalue weighted by atomic mass is 9.34. The van der Waals surface area contributed by atoms with E-state index in [0.717, 1.165) is 24.8 Å². The molecule has 312 valence electrons. The van der Waals surface area contributed by atoms with Gasteiger partial charge in [-0.2, -0.15) is 0 Å². The first kappa shape index (κ1) is 42.8. The van der Waals surface area contributed by atoms with Crippen molar-refractivity contribution in [2.75, 3.05) is 13.2 Å². The van der Waals surface area contributed by atoms with Crippen LogP contribution in [0.3, 0.4) is 0 Å². The highest BCUT2D eigenvalue weighted by atomic mass is 16.7. The summed E-state index contributed by atoms with van der Waals surface area (Å²) in [5.41, 5.74) is -1.30. The summed E-state index contributed by atoms with van der Waals surface area (Å²) < 4.78 is 24.1. The molecule has 13 nitrogen and oxygen atoms in total. The van der Waals surface area contributed by atoms with Crippen molar-refractivity contribution in [1.29, 1.82) is 0 Å². The highest BCUT2D eigenvalue weighted by Crippen LogP contribution is 2.76. The van der Waals surface area contributed by atoms with E-state index in [-0.39, 0.29) is 46.5 Å². The molecule has 0 aromatic carbocycles. The van der Waals surface area contributed by atoms with E-state index >= 15 is 0 Å². The summed E-state index contributed by atoms with van der Waals surface area (Å²) in [6.07, 6.45) is -7.06. The molecule has 54 heavy (non-hydrogen) atoms. The van der Waals surface area contributed by atoms with Crippen LogP contribution in [0.5, 0.6) is 0 Å². The Labute approximate surface area is 320 Å². The molecule has 13 heteroatoms. The molecule has 9 N–H and O–H groups in total. The largest absolute Gasteiger partial charge is 0.394 e. The molecule has 2 heterocycles. The van der Waals surface area contributed by atoms with Crippen LogP contribution in [0.2, 0.25) is 0 Å². The lowest BCUT2D eigenvalue weighted by Crippen LogP contribution is -2.70. The van der Waals surface area contributed by atoms with Crippen LogP contribution in [0.15, 0.2) is 11.6 Å². The molecule has 2 aliphatic heterocycles. The average Bonchev–Trinajstić information content (AvgIpc) is 3.61. The molecule has 4 aliphatic carbocycles. The second kappa shape index (κ2) is 15.1. The molecule has 0 radical (unpaired) electrons. The maximum Gasteiger partial charge on any atom is 0.187 e. The minimum absolute atomic E-state index is 0.109. The van der Waals surface area contributed by atoms with Gasteiger partial charge in [-0.25, -0.2) is 0 Å². The fourth-order valence-electron chi connectivity index (χ4n) is 13.2. The van der Waals surface area contributed by atoms with Crippen LogP contribution in [-0.2, 0) is 18.9 Å². The number of hydrogen-bond donors (Lipinski definition) is 9. The lowest BCUT2D eigenvalue weighted by Gasteiger charge is -2.71. The van der Waals surface area contributed by atoms with Crippen molar-refractivity contribution in [2.45, 2.75) is 186 Å². The van der Waals surface area contributed by atoms with E-state index in [4.69, 9.17) is 18.9 Å². The Morgan fingerprint density at radius 2 is 1.41 bits per heavy atom. The van der Waals surface area contributed by atoms with E-state index in [1.807, 2.05) is 20.8 Å². The Balaban J connectivity index is 1.28. The van der Waals surface area contributed by atoms with E-state index in [9.17, 15) is 46.0 Å². The fourth-order valence-corrected chi connectivity index (χ4v) is 13.2. The van der Waals surface area contributed by atoms with Gasteiger partial charge >= 0.3 is 0 Å². The van der Waals surface area contributed by atoms with Gasteiger partial charge in [-0.1, -0.05) is 46.3 Å². The minimum atomic E-state index is -1.66. The van der Waals surface area contributed by atoms with Crippen LogP contribution in [0, 0.1) is 45.3 Å². The highest BCUT2D eigenvalue weighted by Gasteiger charge is 2.73. The first-order chi connectivity index (χ1) is 25.1. The highest BCUT2D eigenvalue weighted by molar-refractivity contribution is 5.22. The molecule has 0 spiro atoms. The molecule has 6 aliphatic rings. The number of hydrogen-bond acceptors (Lipinski definition) is 13. The fraction of sp³-hybridized carbons (Fsp3) is 0.951. The molecular formula is C41H70O13. The maximum absolute atomic E-state index is 12.4. The summed E-state index contributed by atoms with van der Waals surface area (Å²) in [5.74, 6) is -0.397. The van der Waals surface area contributed by atoms with Crippen LogP contribution in [-0.4, -0.2) is 138 Å². The number of aliphatic hydroxyl groups is 9. The van der Waals surface area contributed by atoms with E-state index in [2.05, 4.69) is 40.7 Å². The molecule has 20 atom stereocenters. The van der Waals surface area contributed by atoms with Crippen molar-refractivity contribution in [3.63, 3.8) is 0 Å². The molecule has 2 saturated heterocycles. The SMILES string of the molecule is CC(C)=CCC[C@](C)(O[C@H]1O[C@@H](CO[C@@H]2O[C@H](CO)[C@@H](O)[C@@H]2O)[C@H](O)[C@@H](O)[C@@H]1O)[C@@H]1CC[C@]2(C)[C@@H]1[C@H](O)C[C@@H]1[C@]3(C)CC[C@H](O)C(C)(C)[C@@H]3[C@H](O)C[C@@]12C. The number of ether oxygens (including phenoxy) is 4. The van der Waals surface area contributed by atoms with Crippen LogP contribution >= 0.6 is 0 Å². The van der Waals surface area contributed by atoms with E-state index < -0.39 is 91.2 Å². The van der Waals surface area contributed by atoms with Gasteiger partial charge in [0, 0.05) is 0 Å². The normalized spacial score (nSPS) is 52.5. The summed E-state index contributed by atoms with van der Waals surface area (Å²) in [6, 6.07) is 0. The smallest absolute Gasteiger partial charge is 0.187 e. The van der Waals surface area contributed by atoms with Gasteiger partial charge in [0.2, 0.25) is 0 Å². The Kier molecular flexibility index (Phi) is 12.0. The van der Waals surface area contributed by atoms with E-state index in [1.54, 1.807) is 0 Å². The topological polar surface area (TPSA) is 219 Å². The Bertz CT molecular complexity index is 1360. The summed E-state index contributed by atoms with van der Waals surface area (Å²) in [4.78, 5) is 0. The van der Waals surface area contributed by atoms with Crippen LogP contribution in [0.1, 0.15) is 107 Å². The quantitative estimate of drug-likeness (QED) is 0.145. The predicted molar refractivity (Wildman–Crippen MR) is 196 cm³/mol. The zero-order valence-corrected chi connectivity index (χ0v) is 33.5. The van der Waals surface area contributed by atoms with Gasteiger partial charge in [-0.15, -0.1) is 0 Å². The molecule has 0 bridgehead atoms. The molecule has 6 fully saturated rings. The van der Waals surface area contributed by atoms with Gasteiger partial charge in [0.05, 0.1) is 37.1 Å². The second-order valence-corrected chi connectivity index (χ2v) is 19.8. The Morgan fingerprint density at radius 1 is 0.778 bits per heavy atom. The van der Waals surface area contributed by atoms with Crippen LogP contribution < -0.4 is 0 Å². The van der Waals surface area contributed by atoms with Crippen LogP contribution in [0.25, 0.3) is 0 Å². The standard InChI is InChI=1S/C41H70O13/c1-20(2)10-9-13-41(8,54-36-33(50)31(48)30(47)25(53-36)19-51-35-32(49)29(46)24(18-42)52-35)21-11-15-39(6)28(21)22(43)16-26-38(5)14-12-27(45)37(3,4)34(38)23(44)17-40(26,39)7/h10,21-36,42-50H,9,11-19H2,1-8H3/t21-,22-,23-,24-,25+,26-,27+,28+,29-,30+,31-,32+,33+,34+,35-,36-,38+,39-,40+,41+/m1/s1. The summed E-state index contributed by atoms with van der Waals surface area (Å²) in [7, 11) is 0. The lowest BCUT2D eigenvalue weighted by molar-refractivity contribution is -0.341. The molecule has 6 rings (SSSR count). The van der Waals surface area contributed by atoms with E-state index in [0.29, 0.717) is 32.1 Å². The summed E-state index contributed by atoms with van der Waals surface area (Å²) in [5, 5.41) is 98.8. The van der Waals surface area contributed by atoms with Gasteiger partial charge in [-0.05, 0) is 117 Å². The van der Waals surface area contributed by atoms with Gasteiger partial charge < -0.3 is 64.9 Å². The first-order valence-electron chi connectivity index (χ1n) is 20.4. The summed E-state index contributed by atoms with van der Waals surface area (Å²) >= 11 is 0. The average molecular weight is 771 g/mol. The second-order valence-electron chi connectivity index (χ2n) is 19.8. The number of allylic oxidation sites excluding steroid dienone is 2. The van der Waals surface area contributed by atoms with Crippen molar-refractivity contribution < 1.29 is 64.9 Å². The molecule has 0 aromatic heterocycles. The monoisotopic (exact) mass is 770 g/mol. The third-order valence-corrected chi connectivity index (χ3v) is 16.2.